The molecule has 0 saturated heterocycles. The molecule has 0 radical (unpaired) electrons. The van der Waals surface area contributed by atoms with Crippen LogP contribution in [0.5, 0.6) is 0 Å². The molecule has 0 spiro atoms. The van der Waals surface area contributed by atoms with Gasteiger partial charge in [-0.2, -0.15) is 0 Å². The second kappa shape index (κ2) is 6.10. The Bertz CT molecular complexity index is 775. The van der Waals surface area contributed by atoms with Crippen molar-refractivity contribution in [2.75, 3.05) is 6.54 Å². The molecule has 8 nitrogen and oxygen atoms in total. The van der Waals surface area contributed by atoms with Crippen LogP contribution in [0, 0.1) is 0 Å². The summed E-state index contributed by atoms with van der Waals surface area (Å²) >= 11 is 0. The van der Waals surface area contributed by atoms with E-state index in [4.69, 9.17) is 0 Å². The molecule has 128 valence electrons. The van der Waals surface area contributed by atoms with E-state index in [-0.39, 0.29) is 23.9 Å². The lowest BCUT2D eigenvalue weighted by Gasteiger charge is -2.33. The van der Waals surface area contributed by atoms with Crippen molar-refractivity contribution in [3.05, 3.63) is 35.9 Å². The minimum Gasteiger partial charge on any atom is -0.348 e. The standard InChI is InChI=1S/C16H22N6O2/c1-10(2)18-15(23)12-8-21-5-6-22(11(3)14(21)19-12)16(24)13-7-20(4)9-17-13/h7-11H,5-6H2,1-4H3,(H,18,23). The van der Waals surface area contributed by atoms with Crippen molar-refractivity contribution >= 4 is 11.8 Å². The molecule has 1 aliphatic heterocycles. The van der Waals surface area contributed by atoms with Gasteiger partial charge in [-0.3, -0.25) is 9.59 Å². The first-order chi connectivity index (χ1) is 11.4. The van der Waals surface area contributed by atoms with Gasteiger partial charge in [0.15, 0.2) is 0 Å². The molecule has 0 saturated carbocycles. The molecule has 2 amide bonds. The molecule has 0 aliphatic carbocycles. The lowest BCUT2D eigenvalue weighted by Crippen LogP contribution is -2.41. The van der Waals surface area contributed by atoms with Gasteiger partial charge in [-0.15, -0.1) is 0 Å². The van der Waals surface area contributed by atoms with Crippen molar-refractivity contribution in [1.82, 2.24) is 29.3 Å². The Kier molecular flexibility index (Phi) is 4.13. The second-order valence-corrected chi connectivity index (χ2v) is 6.40. The summed E-state index contributed by atoms with van der Waals surface area (Å²) in [6.07, 6.45) is 5.07. The number of hydrogen-bond donors (Lipinski definition) is 1. The third-order valence-corrected chi connectivity index (χ3v) is 4.07. The van der Waals surface area contributed by atoms with Crippen LogP contribution < -0.4 is 5.32 Å². The van der Waals surface area contributed by atoms with Gasteiger partial charge in [0.25, 0.3) is 11.8 Å². The van der Waals surface area contributed by atoms with Crippen LogP contribution in [0.25, 0.3) is 0 Å². The zero-order chi connectivity index (χ0) is 17.4. The fourth-order valence-corrected chi connectivity index (χ4v) is 2.88. The minimum absolute atomic E-state index is 0.0517. The Labute approximate surface area is 140 Å². The summed E-state index contributed by atoms with van der Waals surface area (Å²) in [5.74, 6) is 0.409. The zero-order valence-electron chi connectivity index (χ0n) is 14.4. The molecular weight excluding hydrogens is 308 g/mol. The zero-order valence-corrected chi connectivity index (χ0v) is 14.4. The number of carbonyl (C=O) groups excluding carboxylic acids is 2. The third kappa shape index (κ3) is 2.91. The number of fused-ring (bicyclic) bond motifs is 1. The summed E-state index contributed by atoms with van der Waals surface area (Å²) in [7, 11) is 1.83. The van der Waals surface area contributed by atoms with E-state index in [0.29, 0.717) is 24.5 Å². The van der Waals surface area contributed by atoms with E-state index < -0.39 is 0 Å². The Hall–Kier alpha value is -2.64. The fraction of sp³-hybridized carbons (Fsp3) is 0.500. The highest BCUT2D eigenvalue weighted by Crippen LogP contribution is 2.26. The van der Waals surface area contributed by atoms with E-state index in [2.05, 4.69) is 15.3 Å². The molecule has 1 unspecified atom stereocenters. The largest absolute Gasteiger partial charge is 0.348 e. The summed E-state index contributed by atoms with van der Waals surface area (Å²) < 4.78 is 3.69. The highest BCUT2D eigenvalue weighted by atomic mass is 16.2. The monoisotopic (exact) mass is 330 g/mol. The number of hydrogen-bond acceptors (Lipinski definition) is 4. The molecule has 0 bridgehead atoms. The van der Waals surface area contributed by atoms with Crippen molar-refractivity contribution in [3.63, 3.8) is 0 Å². The van der Waals surface area contributed by atoms with Crippen LogP contribution in [0.1, 0.15) is 53.6 Å². The molecule has 2 aromatic rings. The van der Waals surface area contributed by atoms with Gasteiger partial charge in [0.05, 0.1) is 12.4 Å². The van der Waals surface area contributed by atoms with Gasteiger partial charge in [0, 0.05) is 38.6 Å². The summed E-state index contributed by atoms with van der Waals surface area (Å²) in [6, 6.07) is -0.162. The smallest absolute Gasteiger partial charge is 0.274 e. The number of amides is 2. The number of imidazole rings is 2. The number of nitrogens with one attached hydrogen (secondary N) is 1. The van der Waals surface area contributed by atoms with Crippen LogP contribution in [-0.4, -0.2) is 48.4 Å². The molecule has 8 heteroatoms. The Morgan fingerprint density at radius 3 is 2.62 bits per heavy atom. The maximum Gasteiger partial charge on any atom is 0.274 e. The average molecular weight is 330 g/mol. The highest BCUT2D eigenvalue weighted by molar-refractivity contribution is 5.93. The second-order valence-electron chi connectivity index (χ2n) is 6.40. The van der Waals surface area contributed by atoms with E-state index in [9.17, 15) is 9.59 Å². The van der Waals surface area contributed by atoms with Gasteiger partial charge in [-0.05, 0) is 20.8 Å². The van der Waals surface area contributed by atoms with Crippen molar-refractivity contribution in [1.29, 1.82) is 0 Å². The van der Waals surface area contributed by atoms with Gasteiger partial charge in [-0.1, -0.05) is 0 Å². The van der Waals surface area contributed by atoms with Gasteiger partial charge >= 0.3 is 0 Å². The number of aryl methyl sites for hydroxylation is 1. The Morgan fingerprint density at radius 2 is 2.00 bits per heavy atom. The molecule has 2 aromatic heterocycles. The molecular formula is C16H22N6O2. The van der Waals surface area contributed by atoms with Crippen molar-refractivity contribution in [2.45, 2.75) is 39.4 Å². The highest BCUT2D eigenvalue weighted by Gasteiger charge is 2.32. The first-order valence-electron chi connectivity index (χ1n) is 8.03. The summed E-state index contributed by atoms with van der Waals surface area (Å²) in [5.41, 5.74) is 0.805. The van der Waals surface area contributed by atoms with E-state index >= 15 is 0 Å². The van der Waals surface area contributed by atoms with Gasteiger partial charge in [-0.25, -0.2) is 9.97 Å². The number of nitrogens with zero attached hydrogens (tertiary/aromatic N) is 5. The Balaban J connectivity index is 1.82. The lowest BCUT2D eigenvalue weighted by molar-refractivity contribution is 0.0632. The van der Waals surface area contributed by atoms with E-state index in [1.165, 1.54) is 0 Å². The molecule has 3 rings (SSSR count). The van der Waals surface area contributed by atoms with E-state index in [1.54, 1.807) is 28.2 Å². The molecule has 1 aliphatic rings. The average Bonchev–Trinajstić information content (AvgIpc) is 3.13. The van der Waals surface area contributed by atoms with Crippen LogP contribution >= 0.6 is 0 Å². The van der Waals surface area contributed by atoms with Crippen LogP contribution in [0.4, 0.5) is 0 Å². The predicted molar refractivity (Wildman–Crippen MR) is 87.5 cm³/mol. The summed E-state index contributed by atoms with van der Waals surface area (Å²) in [6.45, 7) is 6.90. The SMILES string of the molecule is CC(C)NC(=O)c1cn2c(n1)C(C)N(C(=O)c1cn(C)cn1)CC2. The number of aromatic nitrogens is 4. The molecule has 0 fully saturated rings. The van der Waals surface area contributed by atoms with Crippen LogP contribution in [0.2, 0.25) is 0 Å². The number of carbonyl (C=O) groups is 2. The third-order valence-electron chi connectivity index (χ3n) is 4.07. The first-order valence-corrected chi connectivity index (χ1v) is 8.03. The fourth-order valence-electron chi connectivity index (χ4n) is 2.88. The first kappa shape index (κ1) is 16.2. The quantitative estimate of drug-likeness (QED) is 0.909. The molecule has 3 heterocycles. The summed E-state index contributed by atoms with van der Waals surface area (Å²) in [5, 5.41) is 2.84. The van der Waals surface area contributed by atoms with Crippen molar-refractivity contribution < 1.29 is 9.59 Å². The molecule has 0 aromatic carbocycles. The van der Waals surface area contributed by atoms with E-state index in [1.807, 2.05) is 32.4 Å². The molecule has 1 N–H and O–H groups in total. The van der Waals surface area contributed by atoms with Crippen molar-refractivity contribution in [2.24, 2.45) is 7.05 Å². The maximum atomic E-state index is 12.7. The van der Waals surface area contributed by atoms with Crippen LogP contribution in [0.15, 0.2) is 18.7 Å². The molecule has 1 atom stereocenters. The topological polar surface area (TPSA) is 85.0 Å². The normalized spacial score (nSPS) is 17.0. The van der Waals surface area contributed by atoms with E-state index in [0.717, 1.165) is 5.82 Å². The van der Waals surface area contributed by atoms with Crippen LogP contribution in [0.3, 0.4) is 0 Å². The minimum atomic E-state index is -0.214. The predicted octanol–water partition coefficient (Wildman–Crippen LogP) is 0.972. The van der Waals surface area contributed by atoms with Crippen LogP contribution in [-0.2, 0) is 13.6 Å². The van der Waals surface area contributed by atoms with Crippen molar-refractivity contribution in [3.8, 4) is 0 Å². The maximum absolute atomic E-state index is 12.7. The molecule has 24 heavy (non-hydrogen) atoms. The summed E-state index contributed by atoms with van der Waals surface area (Å²) in [4.78, 5) is 35.1. The lowest BCUT2D eigenvalue weighted by atomic mass is 10.2. The van der Waals surface area contributed by atoms with Gasteiger partial charge in [0.2, 0.25) is 0 Å². The Morgan fingerprint density at radius 1 is 1.25 bits per heavy atom. The van der Waals surface area contributed by atoms with Gasteiger partial charge < -0.3 is 19.4 Å². The van der Waals surface area contributed by atoms with Gasteiger partial charge in [0.1, 0.15) is 17.2 Å². The number of rotatable bonds is 3.